The molecule has 0 aliphatic carbocycles. The molecule has 2 aromatic carbocycles. The molecule has 21 heavy (non-hydrogen) atoms. The summed E-state index contributed by atoms with van der Waals surface area (Å²) in [6.07, 6.45) is 3.07. The van der Waals surface area contributed by atoms with Crippen molar-refractivity contribution in [2.75, 3.05) is 0 Å². The summed E-state index contributed by atoms with van der Waals surface area (Å²) in [7, 11) is 0. The quantitative estimate of drug-likeness (QED) is 0.767. The van der Waals surface area contributed by atoms with Crippen molar-refractivity contribution < 1.29 is 0 Å². The highest BCUT2D eigenvalue weighted by molar-refractivity contribution is 5.54. The lowest BCUT2D eigenvalue weighted by molar-refractivity contribution is 0.775. The Bertz CT molecular complexity index is 684. The van der Waals surface area contributed by atoms with Gasteiger partial charge in [0.1, 0.15) is 5.82 Å². The van der Waals surface area contributed by atoms with E-state index in [1.54, 1.807) is 0 Å². The van der Waals surface area contributed by atoms with Gasteiger partial charge in [-0.25, -0.2) is 4.98 Å². The first-order valence-corrected chi connectivity index (χ1v) is 7.33. The third-order valence-electron chi connectivity index (χ3n) is 3.56. The summed E-state index contributed by atoms with van der Waals surface area (Å²) in [6, 6.07) is 18.8. The molecule has 0 unspecified atom stereocenters. The number of hydrogen-bond donors (Lipinski definition) is 1. The Morgan fingerprint density at radius 3 is 2.43 bits per heavy atom. The van der Waals surface area contributed by atoms with Gasteiger partial charge in [-0.05, 0) is 25.3 Å². The van der Waals surface area contributed by atoms with Crippen LogP contribution in [-0.2, 0) is 12.8 Å². The van der Waals surface area contributed by atoms with Crippen LogP contribution in [0.5, 0.6) is 0 Å². The van der Waals surface area contributed by atoms with Crippen LogP contribution < -0.4 is 0 Å². The molecule has 0 bridgehead atoms. The lowest BCUT2D eigenvalue weighted by Crippen LogP contribution is -1.92. The number of aryl methyl sites for hydroxylation is 3. The van der Waals surface area contributed by atoms with Crippen LogP contribution in [0, 0.1) is 6.92 Å². The fraction of sp³-hybridized carbons (Fsp3) is 0.222. The van der Waals surface area contributed by atoms with Gasteiger partial charge in [-0.3, -0.25) is 5.10 Å². The minimum absolute atomic E-state index is 0.782. The van der Waals surface area contributed by atoms with Crippen molar-refractivity contribution in [3.8, 4) is 11.4 Å². The minimum Gasteiger partial charge on any atom is -0.263 e. The second-order valence-electron chi connectivity index (χ2n) is 5.31. The molecule has 3 nitrogen and oxygen atoms in total. The predicted molar refractivity (Wildman–Crippen MR) is 85.0 cm³/mol. The fourth-order valence-corrected chi connectivity index (χ4v) is 2.34. The predicted octanol–water partition coefficient (Wildman–Crippen LogP) is 3.96. The molecule has 0 atom stereocenters. The highest BCUT2D eigenvalue weighted by Gasteiger charge is 2.05. The molecular formula is C18H19N3. The van der Waals surface area contributed by atoms with E-state index < -0.39 is 0 Å². The highest BCUT2D eigenvalue weighted by atomic mass is 15.2. The van der Waals surface area contributed by atoms with Crippen LogP contribution in [0.1, 0.15) is 23.4 Å². The number of benzene rings is 2. The van der Waals surface area contributed by atoms with Gasteiger partial charge in [0, 0.05) is 12.0 Å². The minimum atomic E-state index is 0.782. The third-order valence-corrected chi connectivity index (χ3v) is 3.56. The van der Waals surface area contributed by atoms with Crippen molar-refractivity contribution in [3.63, 3.8) is 0 Å². The zero-order valence-corrected chi connectivity index (χ0v) is 12.2. The molecule has 1 heterocycles. The number of H-pyrrole nitrogens is 1. The van der Waals surface area contributed by atoms with Crippen LogP contribution in [0.4, 0.5) is 0 Å². The Labute approximate surface area is 125 Å². The molecule has 0 saturated heterocycles. The monoisotopic (exact) mass is 277 g/mol. The molecule has 0 aliphatic heterocycles. The lowest BCUT2D eigenvalue weighted by atomic mass is 10.1. The molecule has 0 radical (unpaired) electrons. The smallest absolute Gasteiger partial charge is 0.181 e. The average Bonchev–Trinajstić information content (AvgIpc) is 2.98. The first-order chi connectivity index (χ1) is 10.3. The second kappa shape index (κ2) is 6.35. The third kappa shape index (κ3) is 3.57. The van der Waals surface area contributed by atoms with E-state index in [1.165, 1.54) is 11.1 Å². The molecule has 0 spiro atoms. The SMILES string of the molecule is Cc1ccc(-c2n[nH]c(CCCc3ccccc3)n2)cc1. The second-order valence-corrected chi connectivity index (χ2v) is 5.31. The van der Waals surface area contributed by atoms with Crippen molar-refractivity contribution in [2.45, 2.75) is 26.2 Å². The number of nitrogens with zero attached hydrogens (tertiary/aromatic N) is 2. The van der Waals surface area contributed by atoms with Crippen LogP contribution >= 0.6 is 0 Å². The number of aromatic nitrogens is 3. The topological polar surface area (TPSA) is 41.6 Å². The summed E-state index contributed by atoms with van der Waals surface area (Å²) in [5.41, 5.74) is 3.68. The summed E-state index contributed by atoms with van der Waals surface area (Å²) < 4.78 is 0. The molecule has 3 rings (SSSR count). The number of nitrogens with one attached hydrogen (secondary N) is 1. The summed E-state index contributed by atoms with van der Waals surface area (Å²) in [5.74, 6) is 1.74. The Morgan fingerprint density at radius 1 is 0.905 bits per heavy atom. The van der Waals surface area contributed by atoms with Gasteiger partial charge in [0.25, 0.3) is 0 Å². The average molecular weight is 277 g/mol. The highest BCUT2D eigenvalue weighted by Crippen LogP contribution is 2.15. The van der Waals surface area contributed by atoms with Crippen molar-refractivity contribution in [3.05, 3.63) is 71.5 Å². The van der Waals surface area contributed by atoms with Crippen LogP contribution in [0.2, 0.25) is 0 Å². The zero-order valence-electron chi connectivity index (χ0n) is 12.2. The van der Waals surface area contributed by atoms with Crippen molar-refractivity contribution in [2.24, 2.45) is 0 Å². The van der Waals surface area contributed by atoms with E-state index >= 15 is 0 Å². The van der Waals surface area contributed by atoms with Crippen LogP contribution in [-0.4, -0.2) is 15.2 Å². The maximum Gasteiger partial charge on any atom is 0.181 e. The van der Waals surface area contributed by atoms with Crippen molar-refractivity contribution in [1.82, 2.24) is 15.2 Å². The number of rotatable bonds is 5. The largest absolute Gasteiger partial charge is 0.263 e. The first kappa shape index (κ1) is 13.6. The van der Waals surface area contributed by atoms with Gasteiger partial charge in [-0.15, -0.1) is 0 Å². The Hall–Kier alpha value is -2.42. The zero-order chi connectivity index (χ0) is 14.5. The standard InChI is InChI=1S/C18H19N3/c1-14-10-12-16(13-11-14)18-19-17(20-21-18)9-5-8-15-6-3-2-4-7-15/h2-4,6-7,10-13H,5,8-9H2,1H3,(H,19,20,21). The van der Waals surface area contributed by atoms with Gasteiger partial charge >= 0.3 is 0 Å². The molecule has 1 N–H and O–H groups in total. The van der Waals surface area contributed by atoms with E-state index in [-0.39, 0.29) is 0 Å². The van der Waals surface area contributed by atoms with Gasteiger partial charge in [0.05, 0.1) is 0 Å². The Morgan fingerprint density at radius 2 is 1.67 bits per heavy atom. The molecule has 106 valence electrons. The molecule has 0 fully saturated rings. The lowest BCUT2D eigenvalue weighted by Gasteiger charge is -1.99. The maximum absolute atomic E-state index is 4.57. The maximum atomic E-state index is 4.57. The molecule has 1 aromatic heterocycles. The summed E-state index contributed by atoms with van der Waals surface area (Å²) >= 11 is 0. The molecular weight excluding hydrogens is 258 g/mol. The molecule has 0 amide bonds. The first-order valence-electron chi connectivity index (χ1n) is 7.33. The van der Waals surface area contributed by atoms with E-state index in [0.29, 0.717) is 0 Å². The molecule has 0 saturated carbocycles. The van der Waals surface area contributed by atoms with Gasteiger partial charge in [-0.2, -0.15) is 5.10 Å². The summed E-state index contributed by atoms with van der Waals surface area (Å²) in [5, 5.41) is 7.35. The van der Waals surface area contributed by atoms with Crippen LogP contribution in [0.15, 0.2) is 54.6 Å². The number of aromatic amines is 1. The summed E-state index contributed by atoms with van der Waals surface area (Å²) in [6.45, 7) is 2.08. The van der Waals surface area contributed by atoms with Gasteiger partial charge in [0.2, 0.25) is 0 Å². The summed E-state index contributed by atoms with van der Waals surface area (Å²) in [4.78, 5) is 4.57. The van der Waals surface area contributed by atoms with Gasteiger partial charge in [0.15, 0.2) is 5.82 Å². The van der Waals surface area contributed by atoms with E-state index in [2.05, 4.69) is 70.6 Å². The van der Waals surface area contributed by atoms with Crippen molar-refractivity contribution >= 4 is 0 Å². The molecule has 3 heteroatoms. The van der Waals surface area contributed by atoms with Crippen LogP contribution in [0.3, 0.4) is 0 Å². The van der Waals surface area contributed by atoms with Crippen LogP contribution in [0.25, 0.3) is 11.4 Å². The van der Waals surface area contributed by atoms with Crippen molar-refractivity contribution in [1.29, 1.82) is 0 Å². The van der Waals surface area contributed by atoms with Gasteiger partial charge in [-0.1, -0.05) is 60.2 Å². The van der Waals surface area contributed by atoms with E-state index in [9.17, 15) is 0 Å². The molecule has 0 aliphatic rings. The van der Waals surface area contributed by atoms with E-state index in [0.717, 1.165) is 36.5 Å². The van der Waals surface area contributed by atoms with Gasteiger partial charge < -0.3 is 0 Å². The fourth-order valence-electron chi connectivity index (χ4n) is 2.34. The molecule has 3 aromatic rings. The normalized spacial score (nSPS) is 10.7. The Kier molecular flexibility index (Phi) is 4.10. The Balaban J connectivity index is 1.59. The van der Waals surface area contributed by atoms with E-state index in [1.807, 2.05) is 6.07 Å². The number of hydrogen-bond acceptors (Lipinski definition) is 2. The van der Waals surface area contributed by atoms with E-state index in [4.69, 9.17) is 0 Å².